The maximum atomic E-state index is 14.1. The minimum Gasteiger partial charge on any atom is -0.488 e. The topological polar surface area (TPSA) is 98.9 Å². The molecule has 4 aromatic rings. The van der Waals surface area contributed by atoms with Crippen molar-refractivity contribution in [2.24, 2.45) is 0 Å². The highest BCUT2D eigenvalue weighted by Gasteiger charge is 2.26. The highest BCUT2D eigenvalue weighted by molar-refractivity contribution is 6.30. The minimum atomic E-state index is -0.955. The summed E-state index contributed by atoms with van der Waals surface area (Å²) in [4.78, 5) is 23.2. The first-order valence-electron chi connectivity index (χ1n) is 13.7. The molecule has 2 aliphatic rings. The van der Waals surface area contributed by atoms with Crippen molar-refractivity contribution in [3.8, 4) is 11.5 Å². The number of pyridine rings is 1. The minimum absolute atomic E-state index is 0.00165. The molecule has 6 rings (SSSR count). The Labute approximate surface area is 241 Å². The molecule has 41 heavy (non-hydrogen) atoms. The van der Waals surface area contributed by atoms with Crippen molar-refractivity contribution in [3.63, 3.8) is 0 Å². The molecule has 9 nitrogen and oxygen atoms in total. The van der Waals surface area contributed by atoms with Crippen molar-refractivity contribution in [1.82, 2.24) is 19.4 Å². The van der Waals surface area contributed by atoms with Gasteiger partial charge in [0.15, 0.2) is 11.6 Å². The fourth-order valence-electron chi connectivity index (χ4n) is 5.20. The molecular weight excluding hydrogens is 551 g/mol. The Morgan fingerprint density at radius 1 is 1.12 bits per heavy atom. The number of benzene rings is 2. The van der Waals surface area contributed by atoms with E-state index in [1.807, 2.05) is 12.1 Å². The second-order valence-electron chi connectivity index (χ2n) is 10.3. The molecule has 2 saturated heterocycles. The van der Waals surface area contributed by atoms with E-state index in [1.54, 1.807) is 30.5 Å². The molecule has 0 aliphatic carbocycles. The van der Waals surface area contributed by atoms with Crippen molar-refractivity contribution in [2.75, 3.05) is 19.7 Å². The number of carboxylic acids is 1. The van der Waals surface area contributed by atoms with Crippen LogP contribution in [-0.2, 0) is 24.4 Å². The molecule has 1 atom stereocenters. The Morgan fingerprint density at radius 2 is 1.95 bits per heavy atom. The highest BCUT2D eigenvalue weighted by atomic mass is 35.5. The summed E-state index contributed by atoms with van der Waals surface area (Å²) in [6.07, 6.45) is 4.39. The van der Waals surface area contributed by atoms with Gasteiger partial charge in [0.25, 0.3) is 0 Å². The SMILES string of the molecule is O=C(O)c1ccc2nc(CN3CCC(Oc4cccnc4COc4ccc(Cl)cc4F)CC3)n(C[C@@H]3CCO3)c2c1. The molecule has 214 valence electrons. The molecule has 0 radical (unpaired) electrons. The summed E-state index contributed by atoms with van der Waals surface area (Å²) in [6, 6.07) is 13.0. The number of likely N-dealkylation sites (tertiary alicyclic amines) is 1. The predicted octanol–water partition coefficient (Wildman–Crippen LogP) is 5.33. The van der Waals surface area contributed by atoms with Gasteiger partial charge in [0.1, 0.15) is 30.0 Å². The van der Waals surface area contributed by atoms with Gasteiger partial charge in [0.05, 0.1) is 35.8 Å². The van der Waals surface area contributed by atoms with Gasteiger partial charge in [-0.2, -0.15) is 0 Å². The first kappa shape index (κ1) is 27.4. The molecule has 2 fully saturated rings. The summed E-state index contributed by atoms with van der Waals surface area (Å²) in [7, 11) is 0. The number of carboxylic acid groups (broad SMARTS) is 1. The van der Waals surface area contributed by atoms with Crippen molar-refractivity contribution >= 4 is 28.6 Å². The number of rotatable bonds is 10. The molecule has 0 unspecified atom stereocenters. The molecule has 2 aliphatic heterocycles. The first-order valence-corrected chi connectivity index (χ1v) is 14.1. The van der Waals surface area contributed by atoms with Crippen LogP contribution < -0.4 is 9.47 Å². The second-order valence-corrected chi connectivity index (χ2v) is 10.8. The second kappa shape index (κ2) is 12.0. The fraction of sp³-hybridized carbons (Fsp3) is 0.367. The third kappa shape index (κ3) is 6.29. The average molecular weight is 581 g/mol. The number of halogens is 2. The molecule has 2 aromatic carbocycles. The number of fused-ring (bicyclic) bond motifs is 1. The van der Waals surface area contributed by atoms with E-state index < -0.39 is 11.8 Å². The molecule has 0 spiro atoms. The molecular formula is C30H30ClFN4O5. The van der Waals surface area contributed by atoms with Gasteiger partial charge < -0.3 is 23.9 Å². The number of piperidine rings is 1. The lowest BCUT2D eigenvalue weighted by molar-refractivity contribution is -0.0592. The third-order valence-corrected chi connectivity index (χ3v) is 7.79. The Morgan fingerprint density at radius 3 is 2.68 bits per heavy atom. The van der Waals surface area contributed by atoms with E-state index in [0.29, 0.717) is 29.6 Å². The van der Waals surface area contributed by atoms with Crippen molar-refractivity contribution in [2.45, 2.75) is 51.2 Å². The van der Waals surface area contributed by atoms with Crippen LogP contribution in [0.5, 0.6) is 11.5 Å². The van der Waals surface area contributed by atoms with Crippen LogP contribution >= 0.6 is 11.6 Å². The summed E-state index contributed by atoms with van der Waals surface area (Å²) >= 11 is 5.83. The van der Waals surface area contributed by atoms with E-state index in [9.17, 15) is 14.3 Å². The van der Waals surface area contributed by atoms with Gasteiger partial charge in [0.2, 0.25) is 0 Å². The van der Waals surface area contributed by atoms with Gasteiger partial charge in [-0.1, -0.05) is 11.6 Å². The number of aromatic carboxylic acids is 1. The first-order chi connectivity index (χ1) is 19.9. The summed E-state index contributed by atoms with van der Waals surface area (Å²) in [5.41, 5.74) is 2.44. The number of carbonyl (C=O) groups is 1. The van der Waals surface area contributed by atoms with Crippen LogP contribution in [0, 0.1) is 5.82 Å². The predicted molar refractivity (Wildman–Crippen MR) is 150 cm³/mol. The number of hydrogen-bond acceptors (Lipinski definition) is 7. The van der Waals surface area contributed by atoms with Crippen LogP contribution in [0.4, 0.5) is 4.39 Å². The quantitative estimate of drug-likeness (QED) is 0.269. The van der Waals surface area contributed by atoms with Crippen LogP contribution in [-0.4, -0.2) is 62.4 Å². The summed E-state index contributed by atoms with van der Waals surface area (Å²) in [5, 5.41) is 9.79. The van der Waals surface area contributed by atoms with Gasteiger partial charge in [-0.3, -0.25) is 9.88 Å². The van der Waals surface area contributed by atoms with Crippen LogP contribution in [0.3, 0.4) is 0 Å². The number of hydrogen-bond donors (Lipinski definition) is 1. The van der Waals surface area contributed by atoms with Gasteiger partial charge in [-0.25, -0.2) is 14.2 Å². The van der Waals surface area contributed by atoms with Crippen molar-refractivity contribution in [1.29, 1.82) is 0 Å². The normalized spacial score (nSPS) is 17.9. The zero-order valence-electron chi connectivity index (χ0n) is 22.3. The molecule has 0 bridgehead atoms. The van der Waals surface area contributed by atoms with E-state index in [2.05, 4.69) is 14.5 Å². The maximum absolute atomic E-state index is 14.1. The molecule has 1 N–H and O–H groups in total. The van der Waals surface area contributed by atoms with E-state index >= 15 is 0 Å². The average Bonchev–Trinajstić information content (AvgIpc) is 3.28. The Hall–Kier alpha value is -3.73. The third-order valence-electron chi connectivity index (χ3n) is 7.55. The van der Waals surface area contributed by atoms with E-state index in [-0.39, 0.29) is 30.1 Å². The monoisotopic (exact) mass is 580 g/mol. The van der Waals surface area contributed by atoms with Gasteiger partial charge in [-0.05, 0) is 67.8 Å². The van der Waals surface area contributed by atoms with Gasteiger partial charge in [-0.15, -0.1) is 0 Å². The van der Waals surface area contributed by atoms with Crippen LogP contribution in [0.2, 0.25) is 5.02 Å². The van der Waals surface area contributed by atoms with E-state index in [1.165, 1.54) is 12.1 Å². The van der Waals surface area contributed by atoms with E-state index in [4.69, 9.17) is 30.8 Å². The molecule has 4 heterocycles. The number of ether oxygens (including phenoxy) is 3. The fourth-order valence-corrected chi connectivity index (χ4v) is 5.36. The number of aromatic nitrogens is 3. The zero-order valence-corrected chi connectivity index (χ0v) is 23.1. The van der Waals surface area contributed by atoms with Crippen LogP contribution in [0.25, 0.3) is 11.0 Å². The Bertz CT molecular complexity index is 1550. The number of imidazole rings is 1. The summed E-state index contributed by atoms with van der Waals surface area (Å²) in [6.45, 7) is 3.75. The lowest BCUT2D eigenvalue weighted by Gasteiger charge is -2.33. The molecule has 0 amide bonds. The molecule has 2 aromatic heterocycles. The van der Waals surface area contributed by atoms with Gasteiger partial charge >= 0.3 is 5.97 Å². The lowest BCUT2D eigenvalue weighted by atomic mass is 10.1. The Balaban J connectivity index is 1.09. The Kier molecular flexibility index (Phi) is 8.04. The van der Waals surface area contributed by atoms with Gasteiger partial charge in [0, 0.05) is 30.9 Å². The van der Waals surface area contributed by atoms with Crippen molar-refractivity contribution < 1.29 is 28.5 Å². The van der Waals surface area contributed by atoms with E-state index in [0.717, 1.165) is 55.8 Å². The largest absolute Gasteiger partial charge is 0.488 e. The smallest absolute Gasteiger partial charge is 0.335 e. The summed E-state index contributed by atoms with van der Waals surface area (Å²) in [5.74, 6) is 0.145. The lowest BCUT2D eigenvalue weighted by Crippen LogP contribution is -2.39. The standard InChI is InChI=1S/C30H30ClFN4O5/c31-20-4-6-27(23(32)15-20)40-18-25-28(2-1-10-33-25)41-21-7-11-35(12-8-21)17-29-34-24-5-3-19(30(37)38)14-26(24)36(29)16-22-9-13-39-22/h1-6,10,14-15,21-22H,7-9,11-13,16-18H2,(H,37,38)/t22-/m0/s1. The zero-order chi connectivity index (χ0) is 28.3. The van der Waals surface area contributed by atoms with Crippen LogP contribution in [0.15, 0.2) is 54.7 Å². The maximum Gasteiger partial charge on any atom is 0.335 e. The van der Waals surface area contributed by atoms with Crippen molar-refractivity contribution in [3.05, 3.63) is 82.6 Å². The molecule has 11 heteroatoms. The summed E-state index contributed by atoms with van der Waals surface area (Å²) < 4.78 is 33.9. The molecule has 0 saturated carbocycles. The number of nitrogens with zero attached hydrogens (tertiary/aromatic N) is 4. The highest BCUT2D eigenvalue weighted by Crippen LogP contribution is 2.27. The van der Waals surface area contributed by atoms with Crippen LogP contribution in [0.1, 0.15) is 41.1 Å².